The van der Waals surface area contributed by atoms with Gasteiger partial charge < -0.3 is 0 Å². The van der Waals surface area contributed by atoms with Crippen LogP contribution in [0.5, 0.6) is 0 Å². The minimum absolute atomic E-state index is 0.284. The average Bonchev–Trinajstić information content (AvgIpc) is 2.41. The first-order valence-electron chi connectivity index (χ1n) is 6.41. The zero-order valence-electron chi connectivity index (χ0n) is 10.2. The van der Waals surface area contributed by atoms with Crippen molar-refractivity contribution in [2.24, 2.45) is 5.92 Å². The van der Waals surface area contributed by atoms with E-state index in [0.717, 1.165) is 25.7 Å². The Balaban J connectivity index is 2.40. The number of nitriles is 1. The second-order valence-electron chi connectivity index (χ2n) is 4.92. The Kier molecular flexibility index (Phi) is 3.64. The van der Waals surface area contributed by atoms with Crippen LogP contribution in [0.1, 0.15) is 37.7 Å². The molecule has 17 heavy (non-hydrogen) atoms. The smallest absolute Gasteiger partial charge is 0.0853 e. The molecule has 0 heterocycles. The molecule has 0 bridgehead atoms. The SMILES string of the molecule is C=CCC1CCCCC1(C#N)c1ccccc1. The number of nitrogens with zero attached hydrogens (tertiary/aromatic N) is 1. The Morgan fingerprint density at radius 1 is 1.35 bits per heavy atom. The highest BCUT2D eigenvalue weighted by molar-refractivity contribution is 5.34. The minimum atomic E-state index is -0.284. The van der Waals surface area contributed by atoms with E-state index in [0.29, 0.717) is 5.92 Å². The molecule has 0 N–H and O–H groups in total. The lowest BCUT2D eigenvalue weighted by Gasteiger charge is -2.39. The maximum absolute atomic E-state index is 9.71. The fraction of sp³-hybridized carbons (Fsp3) is 0.438. The van der Waals surface area contributed by atoms with Crippen molar-refractivity contribution < 1.29 is 0 Å². The van der Waals surface area contributed by atoms with E-state index >= 15 is 0 Å². The van der Waals surface area contributed by atoms with Crippen molar-refractivity contribution in [2.75, 3.05) is 0 Å². The number of rotatable bonds is 3. The molecule has 0 radical (unpaired) electrons. The summed E-state index contributed by atoms with van der Waals surface area (Å²) in [7, 11) is 0. The molecule has 0 saturated heterocycles. The Morgan fingerprint density at radius 2 is 2.12 bits per heavy atom. The second-order valence-corrected chi connectivity index (χ2v) is 4.92. The van der Waals surface area contributed by atoms with Crippen LogP contribution in [0.15, 0.2) is 43.0 Å². The van der Waals surface area contributed by atoms with Crippen molar-refractivity contribution >= 4 is 0 Å². The summed E-state index contributed by atoms with van der Waals surface area (Å²) in [6.07, 6.45) is 7.46. The van der Waals surface area contributed by atoms with Crippen molar-refractivity contribution in [2.45, 2.75) is 37.5 Å². The topological polar surface area (TPSA) is 23.8 Å². The average molecular weight is 225 g/mol. The van der Waals surface area contributed by atoms with Crippen LogP contribution in [0.4, 0.5) is 0 Å². The van der Waals surface area contributed by atoms with Crippen LogP contribution in [0.2, 0.25) is 0 Å². The van der Waals surface area contributed by atoms with Crippen LogP contribution >= 0.6 is 0 Å². The Bertz CT molecular complexity index is 415. The summed E-state index contributed by atoms with van der Waals surface area (Å²) < 4.78 is 0. The van der Waals surface area contributed by atoms with Gasteiger partial charge in [-0.1, -0.05) is 49.2 Å². The fourth-order valence-corrected chi connectivity index (χ4v) is 3.09. The molecule has 2 atom stereocenters. The lowest BCUT2D eigenvalue weighted by molar-refractivity contribution is 0.243. The first-order chi connectivity index (χ1) is 8.33. The highest BCUT2D eigenvalue weighted by Crippen LogP contribution is 2.45. The van der Waals surface area contributed by atoms with E-state index in [1.807, 2.05) is 24.3 Å². The van der Waals surface area contributed by atoms with E-state index in [-0.39, 0.29) is 5.41 Å². The van der Waals surface area contributed by atoms with Crippen LogP contribution in [0.25, 0.3) is 0 Å². The summed E-state index contributed by atoms with van der Waals surface area (Å²) in [5.41, 5.74) is 0.905. The zero-order valence-corrected chi connectivity index (χ0v) is 10.2. The number of allylic oxidation sites excluding steroid dienone is 1. The molecule has 1 heteroatoms. The first-order valence-corrected chi connectivity index (χ1v) is 6.41. The minimum Gasteiger partial charge on any atom is -0.197 e. The van der Waals surface area contributed by atoms with E-state index in [9.17, 15) is 5.26 Å². The highest BCUT2D eigenvalue weighted by Gasteiger charge is 2.41. The molecule has 0 aliphatic heterocycles. The summed E-state index contributed by atoms with van der Waals surface area (Å²) in [5.74, 6) is 0.432. The third kappa shape index (κ3) is 2.13. The van der Waals surface area contributed by atoms with Gasteiger partial charge in [0.1, 0.15) is 0 Å². The van der Waals surface area contributed by atoms with Crippen LogP contribution in [-0.4, -0.2) is 0 Å². The molecular weight excluding hydrogens is 206 g/mol. The van der Waals surface area contributed by atoms with Gasteiger partial charge in [0, 0.05) is 0 Å². The van der Waals surface area contributed by atoms with E-state index < -0.39 is 0 Å². The molecule has 2 unspecified atom stereocenters. The third-order valence-corrected chi connectivity index (χ3v) is 4.01. The summed E-state index contributed by atoms with van der Waals surface area (Å²) in [4.78, 5) is 0. The lowest BCUT2D eigenvalue weighted by atomic mass is 9.62. The lowest BCUT2D eigenvalue weighted by Crippen LogP contribution is -2.36. The summed E-state index contributed by atoms with van der Waals surface area (Å²) in [5, 5.41) is 9.71. The molecule has 88 valence electrons. The van der Waals surface area contributed by atoms with Gasteiger partial charge in [0.05, 0.1) is 11.5 Å². The van der Waals surface area contributed by atoms with E-state index in [1.165, 1.54) is 12.0 Å². The molecule has 1 nitrogen and oxygen atoms in total. The van der Waals surface area contributed by atoms with Crippen molar-refractivity contribution in [3.8, 4) is 6.07 Å². The largest absolute Gasteiger partial charge is 0.197 e. The van der Waals surface area contributed by atoms with Gasteiger partial charge in [-0.2, -0.15) is 5.26 Å². The quantitative estimate of drug-likeness (QED) is 0.707. The van der Waals surface area contributed by atoms with E-state index in [1.54, 1.807) is 0 Å². The molecule has 1 aromatic carbocycles. The number of hydrogen-bond donors (Lipinski definition) is 0. The standard InChI is InChI=1S/C16H19N/c1-2-8-14-11-6-7-12-16(14,13-17)15-9-4-3-5-10-15/h2-5,9-10,14H,1,6-8,11-12H2. The second kappa shape index (κ2) is 5.19. The van der Waals surface area contributed by atoms with Crippen molar-refractivity contribution in [1.29, 1.82) is 5.26 Å². The van der Waals surface area contributed by atoms with Crippen molar-refractivity contribution in [3.63, 3.8) is 0 Å². The van der Waals surface area contributed by atoms with Gasteiger partial charge in [0.25, 0.3) is 0 Å². The Morgan fingerprint density at radius 3 is 2.76 bits per heavy atom. The molecule has 0 aromatic heterocycles. The monoisotopic (exact) mass is 225 g/mol. The predicted molar refractivity (Wildman–Crippen MR) is 70.5 cm³/mol. The maximum atomic E-state index is 9.71. The summed E-state index contributed by atoms with van der Waals surface area (Å²) in [6.45, 7) is 3.84. The molecule has 2 rings (SSSR count). The molecular formula is C16H19N. The van der Waals surface area contributed by atoms with Crippen molar-refractivity contribution in [3.05, 3.63) is 48.6 Å². The van der Waals surface area contributed by atoms with Crippen LogP contribution in [0.3, 0.4) is 0 Å². The molecule has 1 fully saturated rings. The molecule has 0 spiro atoms. The number of hydrogen-bond acceptors (Lipinski definition) is 1. The highest BCUT2D eigenvalue weighted by atomic mass is 14.5. The van der Waals surface area contributed by atoms with Gasteiger partial charge in [0.15, 0.2) is 0 Å². The summed E-state index contributed by atoms with van der Waals surface area (Å²) in [6, 6.07) is 12.9. The van der Waals surface area contributed by atoms with E-state index in [4.69, 9.17) is 0 Å². The van der Waals surface area contributed by atoms with Gasteiger partial charge in [-0.3, -0.25) is 0 Å². The third-order valence-electron chi connectivity index (χ3n) is 4.01. The van der Waals surface area contributed by atoms with Gasteiger partial charge in [-0.15, -0.1) is 6.58 Å². The van der Waals surface area contributed by atoms with Crippen molar-refractivity contribution in [1.82, 2.24) is 0 Å². The molecule has 1 aliphatic rings. The summed E-state index contributed by atoms with van der Waals surface area (Å²) >= 11 is 0. The maximum Gasteiger partial charge on any atom is 0.0853 e. The molecule has 1 aromatic rings. The normalized spacial score (nSPS) is 28.3. The van der Waals surface area contributed by atoms with E-state index in [2.05, 4.69) is 24.8 Å². The first kappa shape index (κ1) is 11.9. The van der Waals surface area contributed by atoms with Crippen LogP contribution < -0.4 is 0 Å². The van der Waals surface area contributed by atoms with Gasteiger partial charge in [-0.25, -0.2) is 0 Å². The van der Waals surface area contributed by atoms with Crippen LogP contribution in [0, 0.1) is 17.2 Å². The van der Waals surface area contributed by atoms with Gasteiger partial charge >= 0.3 is 0 Å². The molecule has 0 amide bonds. The predicted octanol–water partition coefficient (Wildman–Crippen LogP) is 4.21. The molecule has 1 saturated carbocycles. The van der Waals surface area contributed by atoms with Crippen LogP contribution in [-0.2, 0) is 5.41 Å². The van der Waals surface area contributed by atoms with Gasteiger partial charge in [0.2, 0.25) is 0 Å². The number of benzene rings is 1. The fourth-order valence-electron chi connectivity index (χ4n) is 3.09. The van der Waals surface area contributed by atoms with Gasteiger partial charge in [-0.05, 0) is 30.7 Å². The molecule has 1 aliphatic carbocycles. The Hall–Kier alpha value is -1.55. The zero-order chi connectivity index (χ0) is 12.1. The Labute approximate surface area is 104 Å².